The normalized spacial score (nSPS) is 14.4. The van der Waals surface area contributed by atoms with E-state index in [4.69, 9.17) is 4.42 Å². The van der Waals surface area contributed by atoms with Crippen molar-refractivity contribution < 1.29 is 9.21 Å². The molecule has 160 valence electrons. The van der Waals surface area contributed by atoms with Crippen LogP contribution in [0.1, 0.15) is 44.9 Å². The molecule has 1 aliphatic rings. The van der Waals surface area contributed by atoms with Gasteiger partial charge in [0.1, 0.15) is 11.6 Å². The molecule has 0 aromatic carbocycles. The second-order valence-corrected chi connectivity index (χ2v) is 8.53. The number of rotatable bonds is 8. The molecule has 3 aromatic rings. The highest BCUT2D eigenvalue weighted by atomic mass is 32.2. The number of nitrogens with zero attached hydrogens (tertiary/aromatic N) is 6. The van der Waals surface area contributed by atoms with Crippen LogP contribution in [0.3, 0.4) is 0 Å². The van der Waals surface area contributed by atoms with E-state index >= 15 is 0 Å². The third-order valence-electron chi connectivity index (χ3n) is 4.99. The molecule has 0 aliphatic carbocycles. The molecular formula is C20H27N7O2S. The Morgan fingerprint density at radius 3 is 2.80 bits per heavy atom. The van der Waals surface area contributed by atoms with Gasteiger partial charge in [0, 0.05) is 25.2 Å². The standard InChI is InChI=1S/C20H27N7O2S/c1-15(2)27-17(8-9-21-27)22-18(28)14-30-20-24-23-19(25-10-4-3-5-11-25)26(20)13-16-7-6-12-29-16/h6-9,12,15H,3-5,10-11,13-14H2,1-2H3,(H,22,28). The van der Waals surface area contributed by atoms with E-state index in [2.05, 4.69) is 25.5 Å². The highest BCUT2D eigenvalue weighted by Crippen LogP contribution is 2.26. The Hall–Kier alpha value is -2.75. The number of piperidine rings is 1. The van der Waals surface area contributed by atoms with Crippen molar-refractivity contribution in [2.24, 2.45) is 0 Å². The maximum absolute atomic E-state index is 12.5. The fourth-order valence-electron chi connectivity index (χ4n) is 3.55. The van der Waals surface area contributed by atoms with E-state index in [1.807, 2.05) is 30.5 Å². The quantitative estimate of drug-likeness (QED) is 0.548. The predicted molar refractivity (Wildman–Crippen MR) is 116 cm³/mol. The lowest BCUT2D eigenvalue weighted by Gasteiger charge is -2.27. The fourth-order valence-corrected chi connectivity index (χ4v) is 4.28. The summed E-state index contributed by atoms with van der Waals surface area (Å²) in [6.07, 6.45) is 6.91. The van der Waals surface area contributed by atoms with Crippen LogP contribution < -0.4 is 10.2 Å². The summed E-state index contributed by atoms with van der Waals surface area (Å²) in [5.41, 5.74) is 0. The molecular weight excluding hydrogens is 402 g/mol. The van der Waals surface area contributed by atoms with Crippen molar-refractivity contribution in [3.63, 3.8) is 0 Å². The second kappa shape index (κ2) is 9.38. The van der Waals surface area contributed by atoms with Gasteiger partial charge < -0.3 is 14.6 Å². The number of aromatic nitrogens is 5. The van der Waals surface area contributed by atoms with Gasteiger partial charge in [0.25, 0.3) is 0 Å². The molecule has 0 spiro atoms. The molecule has 4 rings (SSSR count). The highest BCUT2D eigenvalue weighted by Gasteiger charge is 2.22. The molecule has 1 aliphatic heterocycles. The van der Waals surface area contributed by atoms with Gasteiger partial charge in [-0.1, -0.05) is 11.8 Å². The number of thioether (sulfide) groups is 1. The number of amides is 1. The average molecular weight is 430 g/mol. The minimum atomic E-state index is -0.102. The van der Waals surface area contributed by atoms with E-state index < -0.39 is 0 Å². The first-order chi connectivity index (χ1) is 14.6. The molecule has 1 fully saturated rings. The number of hydrogen-bond donors (Lipinski definition) is 1. The monoisotopic (exact) mass is 429 g/mol. The van der Waals surface area contributed by atoms with E-state index in [1.165, 1.54) is 18.2 Å². The Morgan fingerprint density at radius 2 is 2.07 bits per heavy atom. The van der Waals surface area contributed by atoms with Crippen molar-refractivity contribution in [1.82, 2.24) is 24.5 Å². The molecule has 0 radical (unpaired) electrons. The van der Waals surface area contributed by atoms with Crippen molar-refractivity contribution in [1.29, 1.82) is 0 Å². The van der Waals surface area contributed by atoms with Crippen LogP contribution in [-0.4, -0.2) is 49.3 Å². The Morgan fingerprint density at radius 1 is 1.23 bits per heavy atom. The zero-order valence-electron chi connectivity index (χ0n) is 17.3. The summed E-state index contributed by atoms with van der Waals surface area (Å²) in [4.78, 5) is 14.8. The first-order valence-electron chi connectivity index (χ1n) is 10.3. The Balaban J connectivity index is 1.46. The van der Waals surface area contributed by atoms with E-state index in [-0.39, 0.29) is 17.7 Å². The summed E-state index contributed by atoms with van der Waals surface area (Å²) >= 11 is 1.38. The van der Waals surface area contributed by atoms with Crippen LogP contribution in [0.2, 0.25) is 0 Å². The summed E-state index contributed by atoms with van der Waals surface area (Å²) in [6.45, 7) is 6.53. The van der Waals surface area contributed by atoms with Gasteiger partial charge >= 0.3 is 0 Å². The molecule has 10 heteroatoms. The lowest BCUT2D eigenvalue weighted by molar-refractivity contribution is -0.113. The van der Waals surface area contributed by atoms with Gasteiger partial charge in [-0.3, -0.25) is 9.36 Å². The molecule has 1 N–H and O–H groups in total. The van der Waals surface area contributed by atoms with Crippen molar-refractivity contribution in [2.45, 2.75) is 50.9 Å². The SMILES string of the molecule is CC(C)n1nccc1NC(=O)CSc1nnc(N2CCCCC2)n1Cc1ccco1. The highest BCUT2D eigenvalue weighted by molar-refractivity contribution is 7.99. The van der Waals surface area contributed by atoms with Crippen LogP contribution >= 0.6 is 11.8 Å². The molecule has 4 heterocycles. The lowest BCUT2D eigenvalue weighted by Crippen LogP contribution is -2.32. The Bertz CT molecular complexity index is 958. The minimum Gasteiger partial charge on any atom is -0.467 e. The first-order valence-corrected chi connectivity index (χ1v) is 11.3. The fraction of sp³-hybridized carbons (Fsp3) is 0.500. The van der Waals surface area contributed by atoms with E-state index in [0.717, 1.165) is 37.6 Å². The van der Waals surface area contributed by atoms with Crippen molar-refractivity contribution in [2.75, 3.05) is 29.1 Å². The number of carbonyl (C=O) groups excluding carboxylic acids is 1. The van der Waals surface area contributed by atoms with E-state index in [1.54, 1.807) is 23.2 Å². The van der Waals surface area contributed by atoms with Gasteiger partial charge in [-0.05, 0) is 45.2 Å². The summed E-state index contributed by atoms with van der Waals surface area (Å²) in [6, 6.07) is 5.79. The largest absolute Gasteiger partial charge is 0.467 e. The third kappa shape index (κ3) is 4.69. The summed E-state index contributed by atoms with van der Waals surface area (Å²) in [7, 11) is 0. The van der Waals surface area contributed by atoms with Crippen LogP contribution in [0.5, 0.6) is 0 Å². The van der Waals surface area contributed by atoms with Gasteiger partial charge in [0.05, 0.1) is 24.8 Å². The third-order valence-corrected chi connectivity index (χ3v) is 5.96. The minimum absolute atomic E-state index is 0.102. The van der Waals surface area contributed by atoms with Crippen molar-refractivity contribution in [3.8, 4) is 0 Å². The van der Waals surface area contributed by atoms with Crippen LogP contribution in [0.4, 0.5) is 11.8 Å². The number of anilines is 2. The maximum Gasteiger partial charge on any atom is 0.235 e. The molecule has 30 heavy (non-hydrogen) atoms. The lowest BCUT2D eigenvalue weighted by atomic mass is 10.1. The Kier molecular flexibility index (Phi) is 6.41. The van der Waals surface area contributed by atoms with Crippen molar-refractivity contribution in [3.05, 3.63) is 36.4 Å². The summed E-state index contributed by atoms with van der Waals surface area (Å²) < 4.78 is 9.37. The van der Waals surface area contributed by atoms with Gasteiger partial charge in [-0.15, -0.1) is 10.2 Å². The van der Waals surface area contributed by atoms with Gasteiger partial charge in [-0.25, -0.2) is 4.68 Å². The van der Waals surface area contributed by atoms with Crippen molar-refractivity contribution >= 4 is 29.4 Å². The van der Waals surface area contributed by atoms with Crippen LogP contribution in [-0.2, 0) is 11.3 Å². The zero-order chi connectivity index (χ0) is 20.9. The maximum atomic E-state index is 12.5. The van der Waals surface area contributed by atoms with Crippen LogP contribution in [0, 0.1) is 0 Å². The summed E-state index contributed by atoms with van der Waals surface area (Å²) in [5.74, 6) is 2.50. The number of hydrogen-bond acceptors (Lipinski definition) is 7. The smallest absolute Gasteiger partial charge is 0.235 e. The Labute approximate surface area is 179 Å². The van der Waals surface area contributed by atoms with E-state index in [9.17, 15) is 4.79 Å². The average Bonchev–Trinajstić information content (AvgIpc) is 3.49. The topological polar surface area (TPSA) is 94.0 Å². The molecule has 1 amide bonds. The molecule has 0 bridgehead atoms. The van der Waals surface area contributed by atoms with Gasteiger partial charge in [-0.2, -0.15) is 5.10 Å². The molecule has 9 nitrogen and oxygen atoms in total. The van der Waals surface area contributed by atoms with Gasteiger partial charge in [0.2, 0.25) is 11.9 Å². The molecule has 0 unspecified atom stereocenters. The first kappa shape index (κ1) is 20.5. The summed E-state index contributed by atoms with van der Waals surface area (Å²) in [5, 5.41) is 16.7. The number of carbonyl (C=O) groups is 1. The predicted octanol–water partition coefficient (Wildman–Crippen LogP) is 3.42. The number of nitrogens with one attached hydrogen (secondary N) is 1. The second-order valence-electron chi connectivity index (χ2n) is 7.59. The molecule has 3 aromatic heterocycles. The zero-order valence-corrected chi connectivity index (χ0v) is 18.1. The molecule has 0 atom stereocenters. The van der Waals surface area contributed by atoms with Gasteiger partial charge in [0.15, 0.2) is 5.16 Å². The molecule has 0 saturated carbocycles. The van der Waals surface area contributed by atoms with Crippen LogP contribution in [0.25, 0.3) is 0 Å². The number of furan rings is 1. The molecule has 1 saturated heterocycles. The van der Waals surface area contributed by atoms with E-state index in [0.29, 0.717) is 17.5 Å². The van der Waals surface area contributed by atoms with Crippen LogP contribution in [0.15, 0.2) is 40.2 Å².